The number of hydrogen-bond acceptors (Lipinski definition) is 6. The number of sulfonamides is 1. The molecule has 2 aromatic rings. The van der Waals surface area contributed by atoms with Crippen LogP contribution in [0.15, 0.2) is 28.3 Å². The number of carbonyl (C=O) groups is 2. The van der Waals surface area contributed by atoms with Crippen LogP contribution >= 0.6 is 11.8 Å². The van der Waals surface area contributed by atoms with Gasteiger partial charge in [0, 0.05) is 13.6 Å². The summed E-state index contributed by atoms with van der Waals surface area (Å²) in [5, 5.41) is 9.70. The van der Waals surface area contributed by atoms with E-state index in [1.54, 1.807) is 13.0 Å². The maximum absolute atomic E-state index is 12.1. The molecule has 0 spiro atoms. The van der Waals surface area contributed by atoms with Gasteiger partial charge in [-0.2, -0.15) is 0 Å². The standard InChI is InChI=1S/C15H21N5O4S2/c1-4-7-20-12-6-5-10(26(16,23)24)8-11(12)18-15(20)25-9(2)13(21)19-14(22)17-3/h5-6,8-9H,4,7H2,1-3H3,(H2,16,23,24)(H2,17,19,21,22). The Morgan fingerprint density at radius 2 is 2.08 bits per heavy atom. The molecule has 0 bridgehead atoms. The number of aromatic nitrogens is 2. The zero-order chi connectivity index (χ0) is 19.5. The fourth-order valence-electron chi connectivity index (χ4n) is 2.28. The van der Waals surface area contributed by atoms with Crippen molar-refractivity contribution in [1.29, 1.82) is 0 Å². The van der Waals surface area contributed by atoms with E-state index >= 15 is 0 Å². The van der Waals surface area contributed by atoms with E-state index in [1.807, 2.05) is 11.5 Å². The lowest BCUT2D eigenvalue weighted by Crippen LogP contribution is -2.41. The van der Waals surface area contributed by atoms with Crippen molar-refractivity contribution in [3.05, 3.63) is 18.2 Å². The zero-order valence-electron chi connectivity index (χ0n) is 14.6. The Labute approximate surface area is 155 Å². The smallest absolute Gasteiger partial charge is 0.321 e. The van der Waals surface area contributed by atoms with Gasteiger partial charge < -0.3 is 9.88 Å². The first-order valence-corrected chi connectivity index (χ1v) is 10.3. The lowest BCUT2D eigenvalue weighted by atomic mass is 10.3. The number of benzene rings is 1. The van der Waals surface area contributed by atoms with Crippen molar-refractivity contribution in [2.24, 2.45) is 5.14 Å². The van der Waals surface area contributed by atoms with Gasteiger partial charge in [-0.15, -0.1) is 0 Å². The zero-order valence-corrected chi connectivity index (χ0v) is 16.3. The van der Waals surface area contributed by atoms with Gasteiger partial charge in [0.1, 0.15) is 0 Å². The Balaban J connectivity index is 2.37. The maximum atomic E-state index is 12.1. The third kappa shape index (κ3) is 4.54. The minimum absolute atomic E-state index is 0.0203. The summed E-state index contributed by atoms with van der Waals surface area (Å²) < 4.78 is 25.0. The number of fused-ring (bicyclic) bond motifs is 1. The quantitative estimate of drug-likeness (QED) is 0.621. The summed E-state index contributed by atoms with van der Waals surface area (Å²) in [6, 6.07) is 3.91. The van der Waals surface area contributed by atoms with E-state index in [-0.39, 0.29) is 4.90 Å². The molecule has 1 atom stereocenters. The molecule has 0 radical (unpaired) electrons. The van der Waals surface area contributed by atoms with E-state index in [0.717, 1.165) is 11.9 Å². The first kappa shape index (κ1) is 20.2. The van der Waals surface area contributed by atoms with Gasteiger partial charge in [-0.3, -0.25) is 10.1 Å². The van der Waals surface area contributed by atoms with Gasteiger partial charge in [0.15, 0.2) is 5.16 Å². The number of thioether (sulfide) groups is 1. The van der Waals surface area contributed by atoms with Gasteiger partial charge in [0.2, 0.25) is 15.9 Å². The number of urea groups is 1. The number of imidazole rings is 1. The van der Waals surface area contributed by atoms with Crippen LogP contribution in [0.5, 0.6) is 0 Å². The van der Waals surface area contributed by atoms with Crippen LogP contribution in [0.4, 0.5) is 4.79 Å². The number of amides is 3. The summed E-state index contributed by atoms with van der Waals surface area (Å²) in [5.41, 5.74) is 1.23. The van der Waals surface area contributed by atoms with Crippen molar-refractivity contribution in [3.63, 3.8) is 0 Å². The molecule has 3 amide bonds. The highest BCUT2D eigenvalue weighted by Crippen LogP contribution is 2.29. The van der Waals surface area contributed by atoms with Crippen LogP contribution in [-0.2, 0) is 21.4 Å². The monoisotopic (exact) mass is 399 g/mol. The third-order valence-electron chi connectivity index (χ3n) is 3.58. The van der Waals surface area contributed by atoms with Crippen LogP contribution < -0.4 is 15.8 Å². The highest BCUT2D eigenvalue weighted by molar-refractivity contribution is 8.00. The van der Waals surface area contributed by atoms with Gasteiger partial charge in [0.05, 0.1) is 21.2 Å². The van der Waals surface area contributed by atoms with E-state index < -0.39 is 27.2 Å². The number of imide groups is 1. The first-order valence-electron chi connectivity index (χ1n) is 7.89. The van der Waals surface area contributed by atoms with Crippen molar-refractivity contribution in [1.82, 2.24) is 20.2 Å². The van der Waals surface area contributed by atoms with Crippen molar-refractivity contribution in [2.75, 3.05) is 7.05 Å². The number of rotatable bonds is 6. The molecule has 0 saturated carbocycles. The van der Waals surface area contributed by atoms with Gasteiger partial charge in [-0.25, -0.2) is 23.3 Å². The van der Waals surface area contributed by atoms with E-state index in [9.17, 15) is 18.0 Å². The number of nitrogens with two attached hydrogens (primary N) is 1. The molecule has 0 aliphatic heterocycles. The topological polar surface area (TPSA) is 136 Å². The molecule has 2 rings (SSSR count). The number of aryl methyl sites for hydroxylation is 1. The lowest BCUT2D eigenvalue weighted by Gasteiger charge is -2.12. The third-order valence-corrected chi connectivity index (χ3v) is 5.58. The van der Waals surface area contributed by atoms with Crippen molar-refractivity contribution >= 4 is 44.8 Å². The summed E-state index contributed by atoms with van der Waals surface area (Å²) in [5.74, 6) is -0.449. The average molecular weight is 399 g/mol. The number of hydrogen-bond donors (Lipinski definition) is 3. The molecule has 9 nitrogen and oxygen atoms in total. The highest BCUT2D eigenvalue weighted by Gasteiger charge is 2.21. The second-order valence-corrected chi connectivity index (χ2v) is 8.44. The fourth-order valence-corrected chi connectivity index (χ4v) is 3.77. The molecule has 26 heavy (non-hydrogen) atoms. The average Bonchev–Trinajstić information content (AvgIpc) is 2.90. The van der Waals surface area contributed by atoms with Crippen LogP contribution in [0, 0.1) is 0 Å². The molecule has 11 heteroatoms. The second-order valence-electron chi connectivity index (χ2n) is 5.57. The Morgan fingerprint density at radius 1 is 1.38 bits per heavy atom. The van der Waals surface area contributed by atoms with Crippen molar-refractivity contribution < 1.29 is 18.0 Å². The highest BCUT2D eigenvalue weighted by atomic mass is 32.2. The molecule has 0 aliphatic carbocycles. The van der Waals surface area contributed by atoms with Crippen LogP contribution in [0.25, 0.3) is 11.0 Å². The summed E-state index contributed by atoms with van der Waals surface area (Å²) in [7, 11) is -2.41. The Kier molecular flexibility index (Phi) is 6.26. The lowest BCUT2D eigenvalue weighted by molar-refractivity contribution is -0.119. The molecule has 1 heterocycles. The number of nitrogens with zero attached hydrogens (tertiary/aromatic N) is 2. The molecule has 0 fully saturated rings. The number of nitrogens with one attached hydrogen (secondary N) is 2. The SMILES string of the molecule is CCCn1c(SC(C)C(=O)NC(=O)NC)nc2cc(S(N)(=O)=O)ccc21. The first-order chi connectivity index (χ1) is 12.2. The van der Waals surface area contributed by atoms with E-state index in [1.165, 1.54) is 30.9 Å². The summed E-state index contributed by atoms with van der Waals surface area (Å²) in [6.45, 7) is 4.31. The molecule has 0 saturated heterocycles. The molecule has 1 aromatic carbocycles. The predicted octanol–water partition coefficient (Wildman–Crippen LogP) is 1.03. The molecule has 142 valence electrons. The second kappa shape index (κ2) is 8.06. The molecule has 1 unspecified atom stereocenters. The Bertz CT molecular complexity index is 939. The van der Waals surface area contributed by atoms with Gasteiger partial charge >= 0.3 is 6.03 Å². The van der Waals surface area contributed by atoms with Crippen molar-refractivity contribution in [2.45, 2.75) is 42.1 Å². The van der Waals surface area contributed by atoms with E-state index in [2.05, 4.69) is 15.6 Å². The van der Waals surface area contributed by atoms with Crippen LogP contribution in [0.2, 0.25) is 0 Å². The maximum Gasteiger partial charge on any atom is 0.321 e. The fraction of sp³-hybridized carbons (Fsp3) is 0.400. The minimum atomic E-state index is -3.83. The van der Waals surface area contributed by atoms with E-state index in [4.69, 9.17) is 5.14 Å². The molecule has 0 aliphatic rings. The van der Waals surface area contributed by atoms with Gasteiger partial charge in [0.25, 0.3) is 0 Å². The number of carbonyl (C=O) groups excluding carboxylic acids is 2. The van der Waals surface area contributed by atoms with Gasteiger partial charge in [-0.1, -0.05) is 18.7 Å². The van der Waals surface area contributed by atoms with Gasteiger partial charge in [-0.05, 0) is 31.5 Å². The molecule has 4 N–H and O–H groups in total. The largest absolute Gasteiger partial charge is 0.341 e. The normalized spacial score (nSPS) is 12.8. The van der Waals surface area contributed by atoms with Crippen LogP contribution in [0.3, 0.4) is 0 Å². The minimum Gasteiger partial charge on any atom is -0.341 e. The van der Waals surface area contributed by atoms with Crippen LogP contribution in [0.1, 0.15) is 20.3 Å². The molecular formula is C15H21N5O4S2. The predicted molar refractivity (Wildman–Crippen MR) is 99.3 cm³/mol. The summed E-state index contributed by atoms with van der Waals surface area (Å²) in [4.78, 5) is 27.8. The van der Waals surface area contributed by atoms with Crippen molar-refractivity contribution in [3.8, 4) is 0 Å². The van der Waals surface area contributed by atoms with Crippen LogP contribution in [-0.4, -0.2) is 42.2 Å². The Hall–Kier alpha value is -2.11. The molecular weight excluding hydrogens is 378 g/mol. The molecule has 1 aromatic heterocycles. The van der Waals surface area contributed by atoms with E-state index in [0.29, 0.717) is 17.2 Å². The summed E-state index contributed by atoms with van der Waals surface area (Å²) >= 11 is 1.19. The number of primary sulfonamides is 1. The Morgan fingerprint density at radius 3 is 2.65 bits per heavy atom. The summed E-state index contributed by atoms with van der Waals surface area (Å²) in [6.07, 6.45) is 0.828.